The van der Waals surface area contributed by atoms with E-state index in [-0.39, 0.29) is 5.75 Å². The van der Waals surface area contributed by atoms with Gasteiger partial charge in [-0.2, -0.15) is 9.57 Å². The van der Waals surface area contributed by atoms with Crippen LogP contribution in [-0.4, -0.2) is 31.6 Å². The van der Waals surface area contributed by atoms with Gasteiger partial charge in [-0.15, -0.1) is 0 Å². The maximum Gasteiger partial charge on any atom is 0.215 e. The first-order valence-electron chi connectivity index (χ1n) is 5.12. The van der Waals surface area contributed by atoms with E-state index in [1.54, 1.807) is 0 Å². The van der Waals surface area contributed by atoms with Crippen molar-refractivity contribution in [2.24, 2.45) is 5.41 Å². The summed E-state index contributed by atoms with van der Waals surface area (Å²) in [5, 5.41) is 8.87. The Morgan fingerprint density at radius 3 is 2.60 bits per heavy atom. The minimum absolute atomic E-state index is 0.00431. The van der Waals surface area contributed by atoms with Crippen LogP contribution < -0.4 is 0 Å². The van der Waals surface area contributed by atoms with Crippen LogP contribution in [0.5, 0.6) is 0 Å². The van der Waals surface area contributed by atoms with Gasteiger partial charge in [0.15, 0.2) is 0 Å². The maximum absolute atomic E-state index is 11.9. The molecule has 0 aromatic rings. The van der Waals surface area contributed by atoms with E-state index in [0.717, 1.165) is 19.3 Å². The van der Waals surface area contributed by atoms with Crippen LogP contribution in [0.1, 0.15) is 19.3 Å². The third-order valence-electron chi connectivity index (χ3n) is 2.96. The normalized spacial score (nSPS) is 24.7. The summed E-state index contributed by atoms with van der Waals surface area (Å²) in [6, 6.07) is 2.12. The molecule has 0 aromatic carbocycles. The highest BCUT2D eigenvalue weighted by atomic mass is 32.2. The van der Waals surface area contributed by atoms with Crippen LogP contribution in [0.4, 0.5) is 0 Å². The number of hydrogen-bond acceptors (Lipinski definition) is 3. The average molecular weight is 226 g/mol. The maximum atomic E-state index is 11.9. The molecule has 0 unspecified atom stereocenters. The summed E-state index contributed by atoms with van der Waals surface area (Å²) >= 11 is 0. The van der Waals surface area contributed by atoms with Gasteiger partial charge < -0.3 is 0 Å². The molecule has 1 heterocycles. The molecule has 0 saturated heterocycles. The quantitative estimate of drug-likeness (QED) is 0.671. The zero-order chi connectivity index (χ0) is 10.9. The molecule has 1 aliphatic carbocycles. The molecule has 1 aliphatic heterocycles. The molecule has 4 nitrogen and oxygen atoms in total. The molecule has 0 atom stereocenters. The van der Waals surface area contributed by atoms with Crippen LogP contribution in [-0.2, 0) is 10.0 Å². The SMILES string of the molecule is N#CC1(CS(=O)(=O)N2CC=CCC2)CC1. The molecule has 82 valence electrons. The lowest BCUT2D eigenvalue weighted by Gasteiger charge is -2.23. The van der Waals surface area contributed by atoms with Crippen molar-refractivity contribution in [3.8, 4) is 6.07 Å². The first kappa shape index (κ1) is 10.7. The summed E-state index contributed by atoms with van der Waals surface area (Å²) in [6.07, 6.45) is 6.09. The molecule has 2 rings (SSSR count). The largest absolute Gasteiger partial charge is 0.215 e. The van der Waals surface area contributed by atoms with Gasteiger partial charge in [0.05, 0.1) is 17.2 Å². The third kappa shape index (κ3) is 2.21. The average Bonchev–Trinajstić information content (AvgIpc) is 2.99. The Balaban J connectivity index is 2.07. The van der Waals surface area contributed by atoms with Crippen molar-refractivity contribution in [1.82, 2.24) is 4.31 Å². The first-order valence-corrected chi connectivity index (χ1v) is 6.73. The van der Waals surface area contributed by atoms with E-state index in [1.165, 1.54) is 4.31 Å². The molecule has 0 N–H and O–H groups in total. The first-order chi connectivity index (χ1) is 7.08. The summed E-state index contributed by atoms with van der Waals surface area (Å²) in [5.74, 6) is 0.00431. The lowest BCUT2D eigenvalue weighted by atomic mass is 10.2. The van der Waals surface area contributed by atoms with Crippen molar-refractivity contribution < 1.29 is 8.42 Å². The Bertz CT molecular complexity index is 415. The molecular formula is C10H14N2O2S. The Morgan fingerprint density at radius 2 is 2.13 bits per heavy atom. The van der Waals surface area contributed by atoms with E-state index in [2.05, 4.69) is 6.07 Å². The highest BCUT2D eigenvalue weighted by Gasteiger charge is 2.48. The van der Waals surface area contributed by atoms with Gasteiger partial charge in [0, 0.05) is 13.1 Å². The minimum atomic E-state index is -3.23. The zero-order valence-corrected chi connectivity index (χ0v) is 9.33. The minimum Gasteiger partial charge on any atom is -0.212 e. The number of hydrogen-bond donors (Lipinski definition) is 0. The van der Waals surface area contributed by atoms with Crippen LogP contribution in [0.15, 0.2) is 12.2 Å². The Hall–Kier alpha value is -0.860. The highest BCUT2D eigenvalue weighted by Crippen LogP contribution is 2.46. The van der Waals surface area contributed by atoms with Crippen LogP contribution >= 0.6 is 0 Å². The second-order valence-corrected chi connectivity index (χ2v) is 6.24. The van der Waals surface area contributed by atoms with Crippen molar-refractivity contribution in [3.63, 3.8) is 0 Å². The summed E-state index contributed by atoms with van der Waals surface area (Å²) < 4.78 is 25.4. The highest BCUT2D eigenvalue weighted by molar-refractivity contribution is 7.89. The van der Waals surface area contributed by atoms with Crippen molar-refractivity contribution in [2.45, 2.75) is 19.3 Å². The van der Waals surface area contributed by atoms with Gasteiger partial charge in [0.1, 0.15) is 0 Å². The standard InChI is InChI=1S/C10H14N2O2S/c11-8-10(4-5-10)9-15(13,14)12-6-2-1-3-7-12/h1-2H,3-7,9H2. The summed E-state index contributed by atoms with van der Waals surface area (Å²) in [6.45, 7) is 1.02. The summed E-state index contributed by atoms with van der Waals surface area (Å²) in [5.41, 5.74) is -0.569. The number of sulfonamides is 1. The molecule has 0 bridgehead atoms. The molecule has 0 spiro atoms. The fourth-order valence-corrected chi connectivity index (χ4v) is 3.68. The zero-order valence-electron chi connectivity index (χ0n) is 8.52. The van der Waals surface area contributed by atoms with E-state index >= 15 is 0 Å². The lowest BCUT2D eigenvalue weighted by molar-refractivity contribution is 0.432. The van der Waals surface area contributed by atoms with E-state index in [0.29, 0.717) is 13.1 Å². The van der Waals surface area contributed by atoms with Gasteiger partial charge in [0.2, 0.25) is 10.0 Å². The monoisotopic (exact) mass is 226 g/mol. The topological polar surface area (TPSA) is 61.2 Å². The Labute approximate surface area is 90.2 Å². The van der Waals surface area contributed by atoms with Crippen molar-refractivity contribution in [2.75, 3.05) is 18.8 Å². The second kappa shape index (κ2) is 3.62. The Morgan fingerprint density at radius 1 is 1.40 bits per heavy atom. The molecular weight excluding hydrogens is 212 g/mol. The molecule has 2 aliphatic rings. The smallest absolute Gasteiger partial charge is 0.212 e. The van der Waals surface area contributed by atoms with Gasteiger partial charge in [-0.05, 0) is 19.3 Å². The van der Waals surface area contributed by atoms with Crippen LogP contribution in [0, 0.1) is 16.7 Å². The second-order valence-electron chi connectivity index (χ2n) is 4.27. The van der Waals surface area contributed by atoms with Gasteiger partial charge in [0.25, 0.3) is 0 Å². The molecule has 0 radical (unpaired) electrons. The predicted octanol–water partition coefficient (Wildman–Crippen LogP) is 0.882. The van der Waals surface area contributed by atoms with Crippen LogP contribution in [0.2, 0.25) is 0 Å². The Kier molecular flexibility index (Phi) is 2.57. The van der Waals surface area contributed by atoms with Crippen molar-refractivity contribution >= 4 is 10.0 Å². The fourth-order valence-electron chi connectivity index (χ4n) is 1.75. The van der Waals surface area contributed by atoms with E-state index in [1.807, 2.05) is 12.2 Å². The predicted molar refractivity (Wildman–Crippen MR) is 56.4 cm³/mol. The molecule has 0 aromatic heterocycles. The van der Waals surface area contributed by atoms with Gasteiger partial charge in [-0.3, -0.25) is 0 Å². The number of rotatable bonds is 3. The number of nitrogens with zero attached hydrogens (tertiary/aromatic N) is 2. The fraction of sp³-hybridized carbons (Fsp3) is 0.700. The molecule has 0 amide bonds. The number of nitriles is 1. The van der Waals surface area contributed by atoms with Gasteiger partial charge >= 0.3 is 0 Å². The van der Waals surface area contributed by atoms with Gasteiger partial charge in [-0.1, -0.05) is 12.2 Å². The molecule has 5 heteroatoms. The molecule has 15 heavy (non-hydrogen) atoms. The summed E-state index contributed by atoms with van der Waals surface area (Å²) in [7, 11) is -3.23. The van der Waals surface area contributed by atoms with E-state index in [4.69, 9.17) is 5.26 Å². The van der Waals surface area contributed by atoms with Crippen LogP contribution in [0.3, 0.4) is 0 Å². The van der Waals surface area contributed by atoms with Crippen LogP contribution in [0.25, 0.3) is 0 Å². The van der Waals surface area contributed by atoms with E-state index < -0.39 is 15.4 Å². The third-order valence-corrected chi connectivity index (χ3v) is 5.00. The van der Waals surface area contributed by atoms with E-state index in [9.17, 15) is 8.42 Å². The molecule has 1 fully saturated rings. The lowest BCUT2D eigenvalue weighted by Crippen LogP contribution is -2.37. The summed E-state index contributed by atoms with van der Waals surface area (Å²) in [4.78, 5) is 0. The molecule has 1 saturated carbocycles. The van der Waals surface area contributed by atoms with Crippen molar-refractivity contribution in [3.05, 3.63) is 12.2 Å². The van der Waals surface area contributed by atoms with Gasteiger partial charge in [-0.25, -0.2) is 8.42 Å². The van der Waals surface area contributed by atoms with Crippen molar-refractivity contribution in [1.29, 1.82) is 5.26 Å².